The van der Waals surface area contributed by atoms with Crippen molar-refractivity contribution in [3.63, 3.8) is 0 Å². The molecule has 0 radical (unpaired) electrons. The molecule has 1 unspecified atom stereocenters. The van der Waals surface area contributed by atoms with Crippen LogP contribution < -0.4 is 5.32 Å². The molecule has 2 nitrogen and oxygen atoms in total. The van der Waals surface area contributed by atoms with E-state index in [9.17, 15) is 9.18 Å². The third-order valence-corrected chi connectivity index (χ3v) is 3.21. The predicted molar refractivity (Wildman–Crippen MR) is 61.7 cm³/mol. The first-order valence-corrected chi connectivity index (χ1v) is 5.64. The summed E-state index contributed by atoms with van der Waals surface area (Å²) in [5.74, 6) is 0.518. The highest BCUT2D eigenvalue weighted by molar-refractivity contribution is 5.92. The summed E-state index contributed by atoms with van der Waals surface area (Å²) in [5, 5.41) is 2.83. The highest BCUT2D eigenvalue weighted by atomic mass is 19.1. The van der Waals surface area contributed by atoms with Crippen LogP contribution in [0.15, 0.2) is 18.2 Å². The number of hydrogen-bond donors (Lipinski definition) is 1. The first kappa shape index (κ1) is 11.1. The molecule has 0 bridgehead atoms. The lowest BCUT2D eigenvalue weighted by atomic mass is 9.87. The second-order valence-electron chi connectivity index (χ2n) is 4.76. The van der Waals surface area contributed by atoms with E-state index in [0.29, 0.717) is 18.3 Å². The van der Waals surface area contributed by atoms with E-state index >= 15 is 0 Å². The molecule has 1 heterocycles. The molecule has 0 aromatic heterocycles. The van der Waals surface area contributed by atoms with Crippen molar-refractivity contribution >= 4 is 11.6 Å². The molecule has 0 fully saturated rings. The number of benzene rings is 1. The zero-order valence-corrected chi connectivity index (χ0v) is 9.59. The number of carbonyl (C=O) groups is 1. The van der Waals surface area contributed by atoms with Gasteiger partial charge in [0.25, 0.3) is 0 Å². The van der Waals surface area contributed by atoms with Crippen LogP contribution in [0, 0.1) is 17.7 Å². The Morgan fingerprint density at radius 3 is 2.81 bits per heavy atom. The number of rotatable bonds is 1. The maximum absolute atomic E-state index is 13.1. The van der Waals surface area contributed by atoms with Crippen LogP contribution in [0.1, 0.15) is 25.8 Å². The summed E-state index contributed by atoms with van der Waals surface area (Å²) >= 11 is 0. The van der Waals surface area contributed by atoms with Crippen LogP contribution in [-0.4, -0.2) is 5.91 Å². The lowest BCUT2D eigenvalue weighted by Gasteiger charge is -2.17. The van der Waals surface area contributed by atoms with Gasteiger partial charge in [-0.25, -0.2) is 4.39 Å². The van der Waals surface area contributed by atoms with E-state index in [1.165, 1.54) is 12.1 Å². The maximum Gasteiger partial charge on any atom is 0.224 e. The first-order valence-electron chi connectivity index (χ1n) is 5.64. The molecule has 1 atom stereocenters. The van der Waals surface area contributed by atoms with E-state index in [2.05, 4.69) is 19.2 Å². The molecular formula is C13H16FNO. The number of halogens is 1. The average Bonchev–Trinajstić information content (AvgIpc) is 2.36. The van der Waals surface area contributed by atoms with E-state index in [1.807, 2.05) is 0 Å². The Labute approximate surface area is 94.9 Å². The smallest absolute Gasteiger partial charge is 0.224 e. The maximum atomic E-state index is 13.1. The van der Waals surface area contributed by atoms with Crippen LogP contribution in [0.25, 0.3) is 0 Å². The van der Waals surface area contributed by atoms with Crippen molar-refractivity contribution in [1.82, 2.24) is 0 Å². The summed E-state index contributed by atoms with van der Waals surface area (Å²) < 4.78 is 13.1. The number of nitrogens with one attached hydrogen (secondary N) is 1. The van der Waals surface area contributed by atoms with E-state index in [4.69, 9.17) is 0 Å². The summed E-state index contributed by atoms with van der Waals surface area (Å²) in [6, 6.07) is 4.55. The van der Waals surface area contributed by atoms with Crippen LogP contribution in [-0.2, 0) is 11.2 Å². The Morgan fingerprint density at radius 1 is 1.38 bits per heavy atom. The van der Waals surface area contributed by atoms with Gasteiger partial charge < -0.3 is 5.32 Å². The summed E-state index contributed by atoms with van der Waals surface area (Å²) in [7, 11) is 0. The normalized spacial score (nSPS) is 20.2. The molecule has 0 spiro atoms. The van der Waals surface area contributed by atoms with Crippen molar-refractivity contribution in [3.8, 4) is 0 Å². The zero-order chi connectivity index (χ0) is 11.7. The van der Waals surface area contributed by atoms with Crippen molar-refractivity contribution in [2.45, 2.75) is 26.7 Å². The summed E-state index contributed by atoms with van der Waals surface area (Å²) in [4.78, 5) is 11.6. The molecule has 2 rings (SSSR count). The van der Waals surface area contributed by atoms with Gasteiger partial charge in [0.15, 0.2) is 0 Å². The van der Waals surface area contributed by atoms with Gasteiger partial charge in [-0.3, -0.25) is 4.79 Å². The summed E-state index contributed by atoms with van der Waals surface area (Å²) in [6.07, 6.45) is 1.29. The van der Waals surface area contributed by atoms with Crippen molar-refractivity contribution < 1.29 is 9.18 Å². The fourth-order valence-electron chi connectivity index (χ4n) is 2.12. The lowest BCUT2D eigenvalue weighted by molar-refractivity contribution is -0.117. The topological polar surface area (TPSA) is 29.1 Å². The standard InChI is InChI=1S/C13H16FNO/c1-8(2)9-5-10-6-11(14)3-4-12(10)15-13(16)7-9/h3-4,6,8-9H,5,7H2,1-2H3,(H,15,16). The van der Waals surface area contributed by atoms with Crippen LogP contribution in [0.4, 0.5) is 10.1 Å². The molecule has 1 aromatic rings. The fourth-order valence-corrected chi connectivity index (χ4v) is 2.12. The monoisotopic (exact) mass is 221 g/mol. The SMILES string of the molecule is CC(C)C1CC(=O)Nc2ccc(F)cc2C1. The molecule has 1 N–H and O–H groups in total. The van der Waals surface area contributed by atoms with Crippen molar-refractivity contribution in [1.29, 1.82) is 0 Å². The highest BCUT2D eigenvalue weighted by Gasteiger charge is 2.23. The minimum Gasteiger partial charge on any atom is -0.326 e. The number of anilines is 1. The van der Waals surface area contributed by atoms with Crippen LogP contribution >= 0.6 is 0 Å². The van der Waals surface area contributed by atoms with E-state index in [1.54, 1.807) is 6.07 Å². The Balaban J connectivity index is 2.36. The van der Waals surface area contributed by atoms with Crippen molar-refractivity contribution in [2.24, 2.45) is 11.8 Å². The van der Waals surface area contributed by atoms with Gasteiger partial charge >= 0.3 is 0 Å². The quantitative estimate of drug-likeness (QED) is 0.776. The molecule has 1 aliphatic rings. The third-order valence-electron chi connectivity index (χ3n) is 3.21. The number of hydrogen-bond acceptors (Lipinski definition) is 1. The molecule has 0 saturated carbocycles. The third kappa shape index (κ3) is 2.23. The Bertz CT molecular complexity index is 414. The van der Waals surface area contributed by atoms with E-state index < -0.39 is 0 Å². The van der Waals surface area contributed by atoms with Gasteiger partial charge in [-0.1, -0.05) is 13.8 Å². The molecule has 1 aromatic carbocycles. The minimum atomic E-state index is -0.239. The van der Waals surface area contributed by atoms with Gasteiger partial charge in [0.2, 0.25) is 5.91 Å². The van der Waals surface area contributed by atoms with Gasteiger partial charge in [0, 0.05) is 12.1 Å². The minimum absolute atomic E-state index is 0.0315. The fraction of sp³-hybridized carbons (Fsp3) is 0.462. The molecule has 0 aliphatic carbocycles. The Kier molecular flexibility index (Phi) is 2.95. The van der Waals surface area contributed by atoms with E-state index in [0.717, 1.165) is 17.7 Å². The van der Waals surface area contributed by atoms with Crippen LogP contribution in [0.5, 0.6) is 0 Å². The highest BCUT2D eigenvalue weighted by Crippen LogP contribution is 2.29. The summed E-state index contributed by atoms with van der Waals surface area (Å²) in [6.45, 7) is 4.20. The van der Waals surface area contributed by atoms with Crippen molar-refractivity contribution in [3.05, 3.63) is 29.6 Å². The van der Waals surface area contributed by atoms with Gasteiger partial charge in [-0.15, -0.1) is 0 Å². The molecule has 1 amide bonds. The van der Waals surface area contributed by atoms with Gasteiger partial charge in [0.05, 0.1) is 0 Å². The summed E-state index contributed by atoms with van der Waals surface area (Å²) in [5.41, 5.74) is 1.67. The van der Waals surface area contributed by atoms with Crippen LogP contribution in [0.2, 0.25) is 0 Å². The average molecular weight is 221 g/mol. The molecule has 1 aliphatic heterocycles. The predicted octanol–water partition coefficient (Wildman–Crippen LogP) is 2.98. The molecule has 0 saturated heterocycles. The number of carbonyl (C=O) groups excluding carboxylic acids is 1. The Hall–Kier alpha value is -1.38. The molecule has 16 heavy (non-hydrogen) atoms. The van der Waals surface area contributed by atoms with Gasteiger partial charge in [-0.2, -0.15) is 0 Å². The molecular weight excluding hydrogens is 205 g/mol. The van der Waals surface area contributed by atoms with Crippen LogP contribution in [0.3, 0.4) is 0 Å². The molecule has 86 valence electrons. The lowest BCUT2D eigenvalue weighted by Crippen LogP contribution is -2.17. The van der Waals surface area contributed by atoms with Gasteiger partial charge in [-0.05, 0) is 42.0 Å². The molecule has 3 heteroatoms. The second-order valence-corrected chi connectivity index (χ2v) is 4.76. The number of amides is 1. The Morgan fingerprint density at radius 2 is 2.12 bits per heavy atom. The number of fused-ring (bicyclic) bond motifs is 1. The zero-order valence-electron chi connectivity index (χ0n) is 9.59. The second kappa shape index (κ2) is 4.24. The van der Waals surface area contributed by atoms with Gasteiger partial charge in [0.1, 0.15) is 5.82 Å². The van der Waals surface area contributed by atoms with E-state index in [-0.39, 0.29) is 11.7 Å². The largest absolute Gasteiger partial charge is 0.326 e. The first-order chi connectivity index (χ1) is 7.56. The van der Waals surface area contributed by atoms with Crippen molar-refractivity contribution in [2.75, 3.05) is 5.32 Å².